The molecule has 0 radical (unpaired) electrons. The number of hydrogen-bond donors (Lipinski definition) is 1. The number of aromatic nitrogens is 2. The summed E-state index contributed by atoms with van der Waals surface area (Å²) in [6.07, 6.45) is 2.16. The largest absolute Gasteiger partial charge is 0.464 e. The topological polar surface area (TPSA) is 55.1 Å². The third kappa shape index (κ3) is 1.33. The summed E-state index contributed by atoms with van der Waals surface area (Å²) in [5, 5.41) is 11.3. The molecule has 0 aliphatic rings. The van der Waals surface area contributed by atoms with Gasteiger partial charge in [0, 0.05) is 17.8 Å². The number of carbonyl (C=O) groups is 1. The molecule has 0 aromatic carbocycles. The van der Waals surface area contributed by atoms with Crippen LogP contribution in [-0.2, 0) is 0 Å². The molecule has 13 heavy (non-hydrogen) atoms. The Hall–Kier alpha value is -1.62. The molecule has 0 bridgehead atoms. The van der Waals surface area contributed by atoms with E-state index in [-0.39, 0.29) is 0 Å². The van der Waals surface area contributed by atoms with E-state index in [2.05, 4.69) is 4.98 Å². The van der Waals surface area contributed by atoms with E-state index in [4.69, 9.17) is 5.11 Å². The minimum atomic E-state index is -0.991. The monoisotopic (exact) mass is 194 g/mol. The van der Waals surface area contributed by atoms with Crippen LogP contribution in [0, 0.1) is 0 Å². The SMILES string of the molecule is O=C(O)n1cccc1-c1nccs1. The Bertz CT molecular complexity index is 419. The molecule has 0 aliphatic heterocycles. The summed E-state index contributed by atoms with van der Waals surface area (Å²) in [5.74, 6) is 0. The Morgan fingerprint density at radius 3 is 3.08 bits per heavy atom. The second kappa shape index (κ2) is 3.02. The van der Waals surface area contributed by atoms with Crippen LogP contribution in [0.15, 0.2) is 29.9 Å². The Morgan fingerprint density at radius 2 is 2.46 bits per heavy atom. The minimum Gasteiger partial charge on any atom is -0.464 e. The van der Waals surface area contributed by atoms with Crippen LogP contribution in [-0.4, -0.2) is 20.8 Å². The zero-order valence-electron chi connectivity index (χ0n) is 6.54. The van der Waals surface area contributed by atoms with E-state index in [0.717, 1.165) is 4.57 Å². The molecule has 0 unspecified atom stereocenters. The van der Waals surface area contributed by atoms with Crippen LogP contribution in [0.3, 0.4) is 0 Å². The maximum atomic E-state index is 10.7. The summed E-state index contributed by atoms with van der Waals surface area (Å²) >= 11 is 1.42. The predicted molar refractivity (Wildman–Crippen MR) is 49.0 cm³/mol. The van der Waals surface area contributed by atoms with Gasteiger partial charge in [-0.2, -0.15) is 0 Å². The number of thiazole rings is 1. The average molecular weight is 194 g/mol. The Morgan fingerprint density at radius 1 is 1.62 bits per heavy atom. The van der Waals surface area contributed by atoms with Crippen LogP contribution in [0.25, 0.3) is 10.7 Å². The van der Waals surface area contributed by atoms with Crippen molar-refractivity contribution in [3.63, 3.8) is 0 Å². The fourth-order valence-electron chi connectivity index (χ4n) is 1.07. The van der Waals surface area contributed by atoms with Crippen molar-refractivity contribution in [3.05, 3.63) is 29.9 Å². The summed E-state index contributed by atoms with van der Waals surface area (Å²) in [7, 11) is 0. The van der Waals surface area contributed by atoms with Crippen molar-refractivity contribution in [1.82, 2.24) is 9.55 Å². The second-order valence-corrected chi connectivity index (χ2v) is 3.28. The van der Waals surface area contributed by atoms with Crippen LogP contribution >= 0.6 is 11.3 Å². The molecule has 2 aromatic rings. The summed E-state index contributed by atoms with van der Waals surface area (Å²) in [6, 6.07) is 3.41. The van der Waals surface area contributed by atoms with Gasteiger partial charge in [0.25, 0.3) is 0 Å². The lowest BCUT2D eigenvalue weighted by Gasteiger charge is -1.98. The minimum absolute atomic E-state index is 0.613. The van der Waals surface area contributed by atoms with Gasteiger partial charge in [-0.15, -0.1) is 11.3 Å². The lowest BCUT2D eigenvalue weighted by molar-refractivity contribution is 0.197. The highest BCUT2D eigenvalue weighted by atomic mass is 32.1. The van der Waals surface area contributed by atoms with Crippen LogP contribution in [0.2, 0.25) is 0 Å². The number of rotatable bonds is 1. The molecule has 66 valence electrons. The Labute approximate surface area is 78.1 Å². The van der Waals surface area contributed by atoms with Crippen LogP contribution in [0.1, 0.15) is 0 Å². The Balaban J connectivity index is 2.52. The van der Waals surface area contributed by atoms with Gasteiger partial charge in [0.2, 0.25) is 0 Å². The molecule has 0 fully saturated rings. The van der Waals surface area contributed by atoms with Gasteiger partial charge in [-0.25, -0.2) is 9.78 Å². The molecule has 0 saturated carbocycles. The van der Waals surface area contributed by atoms with E-state index in [9.17, 15) is 4.79 Å². The van der Waals surface area contributed by atoms with E-state index in [0.29, 0.717) is 10.7 Å². The van der Waals surface area contributed by atoms with Crippen molar-refractivity contribution < 1.29 is 9.90 Å². The molecular formula is C8H6N2O2S. The van der Waals surface area contributed by atoms with Gasteiger partial charge in [0.15, 0.2) is 0 Å². The highest BCUT2D eigenvalue weighted by Gasteiger charge is 2.10. The molecule has 0 aliphatic carbocycles. The smallest absolute Gasteiger partial charge is 0.416 e. The Kier molecular flexibility index (Phi) is 1.86. The molecular weight excluding hydrogens is 188 g/mol. The number of carboxylic acid groups (broad SMARTS) is 1. The second-order valence-electron chi connectivity index (χ2n) is 2.38. The van der Waals surface area contributed by atoms with Crippen molar-refractivity contribution >= 4 is 17.4 Å². The van der Waals surface area contributed by atoms with E-state index in [1.165, 1.54) is 17.5 Å². The van der Waals surface area contributed by atoms with Gasteiger partial charge in [-0.1, -0.05) is 0 Å². The van der Waals surface area contributed by atoms with E-state index < -0.39 is 6.09 Å². The summed E-state index contributed by atoms with van der Waals surface area (Å²) in [4.78, 5) is 14.8. The molecule has 0 saturated heterocycles. The first-order valence-corrected chi connectivity index (χ1v) is 4.47. The molecule has 0 atom stereocenters. The summed E-state index contributed by atoms with van der Waals surface area (Å²) in [6.45, 7) is 0. The molecule has 2 heterocycles. The van der Waals surface area contributed by atoms with Crippen molar-refractivity contribution in [1.29, 1.82) is 0 Å². The summed E-state index contributed by atoms with van der Waals surface area (Å²) < 4.78 is 1.15. The van der Waals surface area contributed by atoms with Gasteiger partial charge >= 0.3 is 6.09 Å². The van der Waals surface area contributed by atoms with E-state index >= 15 is 0 Å². The molecule has 2 aromatic heterocycles. The lowest BCUT2D eigenvalue weighted by Crippen LogP contribution is -2.07. The lowest BCUT2D eigenvalue weighted by atomic mass is 10.4. The maximum absolute atomic E-state index is 10.7. The van der Waals surface area contributed by atoms with Gasteiger partial charge in [-0.05, 0) is 12.1 Å². The third-order valence-corrected chi connectivity index (χ3v) is 2.40. The molecule has 1 N–H and O–H groups in total. The van der Waals surface area contributed by atoms with Gasteiger partial charge in [0.1, 0.15) is 5.01 Å². The maximum Gasteiger partial charge on any atom is 0.416 e. The zero-order chi connectivity index (χ0) is 9.26. The van der Waals surface area contributed by atoms with Gasteiger partial charge < -0.3 is 5.11 Å². The molecule has 0 amide bonds. The van der Waals surface area contributed by atoms with Crippen molar-refractivity contribution in [2.24, 2.45) is 0 Å². The van der Waals surface area contributed by atoms with Crippen LogP contribution < -0.4 is 0 Å². The van der Waals surface area contributed by atoms with E-state index in [1.807, 2.05) is 5.38 Å². The third-order valence-electron chi connectivity index (χ3n) is 1.61. The predicted octanol–water partition coefficient (Wildman–Crippen LogP) is 2.14. The zero-order valence-corrected chi connectivity index (χ0v) is 7.36. The summed E-state index contributed by atoms with van der Waals surface area (Å²) in [5.41, 5.74) is 0.613. The highest BCUT2D eigenvalue weighted by Crippen LogP contribution is 2.21. The number of nitrogens with zero attached hydrogens (tertiary/aromatic N) is 2. The van der Waals surface area contributed by atoms with Gasteiger partial charge in [0.05, 0.1) is 5.69 Å². The highest BCUT2D eigenvalue weighted by molar-refractivity contribution is 7.13. The van der Waals surface area contributed by atoms with Crippen molar-refractivity contribution in [2.45, 2.75) is 0 Å². The molecule has 2 rings (SSSR count). The molecule has 0 spiro atoms. The number of hydrogen-bond acceptors (Lipinski definition) is 3. The quantitative estimate of drug-likeness (QED) is 0.756. The van der Waals surface area contributed by atoms with Crippen molar-refractivity contribution in [2.75, 3.05) is 0 Å². The standard InChI is InChI=1S/C8H6N2O2S/c11-8(12)10-4-1-2-6(10)7-9-3-5-13-7/h1-5H,(H,11,12). The first kappa shape index (κ1) is 8.00. The van der Waals surface area contributed by atoms with Crippen LogP contribution in [0.5, 0.6) is 0 Å². The van der Waals surface area contributed by atoms with E-state index in [1.54, 1.807) is 18.3 Å². The normalized spacial score (nSPS) is 10.2. The molecule has 5 heteroatoms. The fraction of sp³-hybridized carbons (Fsp3) is 0. The first-order valence-electron chi connectivity index (χ1n) is 3.59. The molecule has 4 nitrogen and oxygen atoms in total. The van der Waals surface area contributed by atoms with Gasteiger partial charge in [-0.3, -0.25) is 4.57 Å². The first-order chi connectivity index (χ1) is 6.29. The van der Waals surface area contributed by atoms with Crippen molar-refractivity contribution in [3.8, 4) is 10.7 Å². The fourth-order valence-corrected chi connectivity index (χ4v) is 1.73. The van der Waals surface area contributed by atoms with Crippen LogP contribution in [0.4, 0.5) is 4.79 Å². The average Bonchev–Trinajstić information content (AvgIpc) is 2.74.